The molecule has 1 unspecified atom stereocenters. The number of benzene rings is 2. The first-order valence-corrected chi connectivity index (χ1v) is 13.9. The van der Waals surface area contributed by atoms with Gasteiger partial charge in [-0.05, 0) is 61.7 Å². The van der Waals surface area contributed by atoms with Crippen molar-refractivity contribution in [1.29, 1.82) is 10.5 Å². The number of amides is 1. The van der Waals surface area contributed by atoms with Crippen LogP contribution in [-0.4, -0.2) is 37.3 Å². The Morgan fingerprint density at radius 3 is 2.47 bits per heavy atom. The molecule has 2 aliphatic rings. The Kier molecular flexibility index (Phi) is 6.82. The van der Waals surface area contributed by atoms with Gasteiger partial charge in [-0.15, -0.1) is 0 Å². The number of aromatic nitrogens is 3. The number of ether oxygens (including phenoxy) is 1. The number of fused-ring (bicyclic) bond motifs is 1. The Balaban J connectivity index is 1.56. The highest BCUT2D eigenvalue weighted by Crippen LogP contribution is 2.52. The van der Waals surface area contributed by atoms with E-state index in [2.05, 4.69) is 16.2 Å². The van der Waals surface area contributed by atoms with Gasteiger partial charge in [-0.3, -0.25) is 19.4 Å². The quantitative estimate of drug-likeness (QED) is 0.306. The van der Waals surface area contributed by atoms with Crippen molar-refractivity contribution < 1.29 is 19.0 Å². The van der Waals surface area contributed by atoms with Gasteiger partial charge in [0.1, 0.15) is 17.5 Å². The third-order valence-electron chi connectivity index (χ3n) is 8.27. The fourth-order valence-electron chi connectivity index (χ4n) is 5.48. The maximum absolute atomic E-state index is 16.6. The maximum atomic E-state index is 16.6. The number of nitriles is 2. The number of nitrogens with zero attached hydrogens (tertiary/aromatic N) is 6. The first-order valence-electron chi connectivity index (χ1n) is 13.6. The highest BCUT2D eigenvalue weighted by molar-refractivity contribution is 6.30. The van der Waals surface area contributed by atoms with Crippen LogP contribution in [0.3, 0.4) is 0 Å². The summed E-state index contributed by atoms with van der Waals surface area (Å²) in [6.07, 6.45) is 5.73. The number of pyridine rings is 1. The van der Waals surface area contributed by atoms with E-state index in [0.29, 0.717) is 40.2 Å². The summed E-state index contributed by atoms with van der Waals surface area (Å²) in [6.45, 7) is 1.36. The van der Waals surface area contributed by atoms with Gasteiger partial charge in [0.25, 0.3) is 5.91 Å². The van der Waals surface area contributed by atoms with Crippen LogP contribution in [-0.2, 0) is 29.7 Å². The molecule has 2 aromatic carbocycles. The van der Waals surface area contributed by atoms with E-state index in [1.807, 2.05) is 6.07 Å². The second-order valence-electron chi connectivity index (χ2n) is 11.2. The van der Waals surface area contributed by atoms with Gasteiger partial charge in [-0.25, -0.2) is 4.39 Å². The number of carbonyl (C=O) groups excluding carboxylic acids is 1. The number of aryl methyl sites for hydroxylation is 1. The Morgan fingerprint density at radius 1 is 1.14 bits per heavy atom. The van der Waals surface area contributed by atoms with Gasteiger partial charge >= 0.3 is 0 Å². The summed E-state index contributed by atoms with van der Waals surface area (Å²) in [4.78, 5) is 20.1. The Bertz CT molecular complexity index is 1820. The minimum atomic E-state index is -1.79. The van der Waals surface area contributed by atoms with Crippen molar-refractivity contribution in [3.05, 3.63) is 117 Å². The topological polar surface area (TPSA) is 128 Å². The Labute approximate surface area is 252 Å². The number of hydrogen-bond donors (Lipinski definition) is 1. The first-order chi connectivity index (χ1) is 20.5. The van der Waals surface area contributed by atoms with Crippen molar-refractivity contribution in [2.45, 2.75) is 37.6 Å². The van der Waals surface area contributed by atoms with Gasteiger partial charge in [-0.2, -0.15) is 15.6 Å². The molecule has 43 heavy (non-hydrogen) atoms. The zero-order valence-corrected chi connectivity index (χ0v) is 24.1. The lowest BCUT2D eigenvalue weighted by molar-refractivity contribution is -0.122. The normalized spacial score (nSPS) is 19.8. The summed E-state index contributed by atoms with van der Waals surface area (Å²) in [7, 11) is 1.70. The van der Waals surface area contributed by atoms with E-state index in [9.17, 15) is 20.4 Å². The van der Waals surface area contributed by atoms with Gasteiger partial charge < -0.3 is 9.84 Å². The predicted molar refractivity (Wildman–Crippen MR) is 153 cm³/mol. The standard InChI is InChI=1S/C32H26ClFN6O3/c1-30(42,23-15-38-39(2)16-23)22-11-26-28(27(34)12-22)32(21-4-6-24(33)7-5-21,43-19-31(18-36)9-10-31)40(29(26)41)17-25-8-3-20(13-35)14-37-25/h3-8,11-12,14-16,42H,9-10,17,19H2,1-2H3/t30?,32-/m1/s1. The van der Waals surface area contributed by atoms with E-state index in [4.69, 9.17) is 16.3 Å². The second kappa shape index (κ2) is 10.3. The van der Waals surface area contributed by atoms with E-state index in [0.717, 1.165) is 0 Å². The van der Waals surface area contributed by atoms with E-state index >= 15 is 4.39 Å². The summed E-state index contributed by atoms with van der Waals surface area (Å²) in [6, 6.07) is 16.8. The third-order valence-corrected chi connectivity index (χ3v) is 8.52. The fourth-order valence-corrected chi connectivity index (χ4v) is 5.61. The SMILES string of the molecule is Cn1cc(C(C)(O)c2cc(F)c3c(c2)C(=O)N(Cc2ccc(C#N)cn2)[C@@]3(OCC2(C#N)CC2)c2ccc(Cl)cc2)cn1. The third kappa shape index (κ3) is 4.74. The minimum absolute atomic E-state index is 0.00423. The van der Waals surface area contributed by atoms with Crippen LogP contribution in [0.4, 0.5) is 4.39 Å². The second-order valence-corrected chi connectivity index (χ2v) is 11.7. The Morgan fingerprint density at radius 2 is 1.88 bits per heavy atom. The summed E-state index contributed by atoms with van der Waals surface area (Å²) in [5, 5.41) is 35.2. The molecule has 2 atom stereocenters. The summed E-state index contributed by atoms with van der Waals surface area (Å²) >= 11 is 6.22. The smallest absolute Gasteiger partial charge is 0.257 e. The predicted octanol–water partition coefficient (Wildman–Crippen LogP) is 4.91. The number of hydrogen-bond acceptors (Lipinski definition) is 7. The highest BCUT2D eigenvalue weighted by Gasteiger charge is 2.57. The van der Waals surface area contributed by atoms with Gasteiger partial charge in [0.2, 0.25) is 0 Å². The summed E-state index contributed by atoms with van der Waals surface area (Å²) in [5.74, 6) is -1.32. The molecule has 3 heterocycles. The lowest BCUT2D eigenvalue weighted by Gasteiger charge is -2.40. The molecule has 1 saturated carbocycles. The molecule has 0 bridgehead atoms. The van der Waals surface area contributed by atoms with Crippen LogP contribution in [0.25, 0.3) is 0 Å². The monoisotopic (exact) mass is 596 g/mol. The molecule has 0 saturated heterocycles. The summed E-state index contributed by atoms with van der Waals surface area (Å²) < 4.78 is 24.8. The lowest BCUT2D eigenvalue weighted by atomic mass is 9.85. The summed E-state index contributed by atoms with van der Waals surface area (Å²) in [5.41, 5.74) is -2.45. The molecule has 216 valence electrons. The van der Waals surface area contributed by atoms with Crippen LogP contribution in [0.5, 0.6) is 0 Å². The van der Waals surface area contributed by atoms with Gasteiger partial charge in [0.15, 0.2) is 5.72 Å². The average Bonchev–Trinajstić information content (AvgIpc) is 3.59. The van der Waals surface area contributed by atoms with Crippen molar-refractivity contribution in [1.82, 2.24) is 19.7 Å². The molecular weight excluding hydrogens is 571 g/mol. The van der Waals surface area contributed by atoms with E-state index < -0.39 is 28.5 Å². The number of rotatable bonds is 8. The highest BCUT2D eigenvalue weighted by atomic mass is 35.5. The molecule has 6 rings (SSSR count). The first kappa shape index (κ1) is 28.5. The van der Waals surface area contributed by atoms with Gasteiger partial charge in [0.05, 0.1) is 53.2 Å². The van der Waals surface area contributed by atoms with Crippen LogP contribution in [0.2, 0.25) is 5.02 Å². The maximum Gasteiger partial charge on any atom is 0.257 e. The zero-order valence-electron chi connectivity index (χ0n) is 23.4. The molecule has 9 nitrogen and oxygen atoms in total. The van der Waals surface area contributed by atoms with Crippen LogP contribution >= 0.6 is 11.6 Å². The van der Waals surface area contributed by atoms with Crippen LogP contribution in [0, 0.1) is 33.9 Å². The molecule has 4 aromatic rings. The van der Waals surface area contributed by atoms with Crippen molar-refractivity contribution in [3.8, 4) is 12.1 Å². The van der Waals surface area contributed by atoms with Crippen LogP contribution in [0.1, 0.15) is 63.6 Å². The van der Waals surface area contributed by atoms with Crippen molar-refractivity contribution in [3.63, 3.8) is 0 Å². The number of aliphatic hydroxyl groups is 1. The number of halogens is 2. The molecule has 11 heteroatoms. The minimum Gasteiger partial charge on any atom is -0.381 e. The van der Waals surface area contributed by atoms with Gasteiger partial charge in [-0.1, -0.05) is 23.7 Å². The molecule has 1 N–H and O–H groups in total. The van der Waals surface area contributed by atoms with Gasteiger partial charge in [0, 0.05) is 35.6 Å². The van der Waals surface area contributed by atoms with E-state index in [-0.39, 0.29) is 29.8 Å². The average molecular weight is 597 g/mol. The number of carbonyl (C=O) groups is 1. The largest absolute Gasteiger partial charge is 0.381 e. The van der Waals surface area contributed by atoms with Crippen LogP contribution < -0.4 is 0 Å². The molecule has 0 spiro atoms. The molecule has 0 radical (unpaired) electrons. The van der Waals surface area contributed by atoms with Crippen molar-refractivity contribution in [2.75, 3.05) is 6.61 Å². The lowest BCUT2D eigenvalue weighted by Crippen LogP contribution is -2.47. The molecule has 1 aliphatic carbocycles. The molecular formula is C32H26ClFN6O3. The van der Waals surface area contributed by atoms with Crippen LogP contribution in [0.15, 0.2) is 67.1 Å². The molecule has 1 aliphatic heterocycles. The van der Waals surface area contributed by atoms with E-state index in [1.54, 1.807) is 49.6 Å². The van der Waals surface area contributed by atoms with Crippen molar-refractivity contribution in [2.24, 2.45) is 12.5 Å². The van der Waals surface area contributed by atoms with Crippen molar-refractivity contribution >= 4 is 17.5 Å². The zero-order chi connectivity index (χ0) is 30.6. The Hall–Kier alpha value is -4.61. The van der Waals surface area contributed by atoms with E-state index in [1.165, 1.54) is 41.0 Å². The molecule has 1 fully saturated rings. The fraction of sp³-hybridized carbons (Fsp3) is 0.281. The molecule has 2 aromatic heterocycles. The molecule has 1 amide bonds.